The second-order valence-electron chi connectivity index (χ2n) is 5.01. The molecule has 0 aliphatic rings. The van der Waals surface area contributed by atoms with Crippen LogP contribution in [0.3, 0.4) is 0 Å². The largest absolute Gasteiger partial charge is 0.309 e. The summed E-state index contributed by atoms with van der Waals surface area (Å²) in [5, 5.41) is 3.62. The molecule has 2 rings (SSSR count). The van der Waals surface area contributed by atoms with Crippen LogP contribution < -0.4 is 5.32 Å². The molecule has 0 aliphatic carbocycles. The Labute approximate surface area is 139 Å². The molecule has 1 unspecified atom stereocenters. The van der Waals surface area contributed by atoms with Crippen LogP contribution in [-0.2, 0) is 0 Å². The zero-order valence-electron chi connectivity index (χ0n) is 12.5. The summed E-state index contributed by atoms with van der Waals surface area (Å²) in [4.78, 5) is 5.71. The molecular weight excluding hydrogens is 344 g/mol. The van der Waals surface area contributed by atoms with Gasteiger partial charge in [0.1, 0.15) is 0 Å². The van der Waals surface area contributed by atoms with E-state index >= 15 is 0 Å². The smallest absolute Gasteiger partial charge is 0.0430 e. The Bertz CT molecular complexity index is 557. The van der Waals surface area contributed by atoms with E-state index in [0.717, 1.165) is 28.9 Å². The second-order valence-corrected chi connectivity index (χ2v) is 7.02. The van der Waals surface area contributed by atoms with Gasteiger partial charge in [0, 0.05) is 33.1 Å². The fraction of sp³-hybridized carbons (Fsp3) is 0.353. The molecule has 0 radical (unpaired) electrons. The van der Waals surface area contributed by atoms with E-state index < -0.39 is 0 Å². The highest BCUT2D eigenvalue weighted by Gasteiger charge is 2.11. The van der Waals surface area contributed by atoms with E-state index in [1.54, 1.807) is 0 Å². The van der Waals surface area contributed by atoms with E-state index in [9.17, 15) is 0 Å². The zero-order valence-corrected chi connectivity index (χ0v) is 14.9. The van der Waals surface area contributed by atoms with Gasteiger partial charge in [-0.3, -0.25) is 4.98 Å². The number of aryl methyl sites for hydroxylation is 1. The molecule has 1 aromatic carbocycles. The van der Waals surface area contributed by atoms with Crippen LogP contribution in [0.15, 0.2) is 52.0 Å². The Morgan fingerprint density at radius 1 is 1.29 bits per heavy atom. The first kappa shape index (κ1) is 16.5. The number of hydrogen-bond acceptors (Lipinski definition) is 3. The molecular formula is C17H21BrN2S. The van der Waals surface area contributed by atoms with Crippen LogP contribution in [0.5, 0.6) is 0 Å². The molecule has 1 atom stereocenters. The standard InChI is InChI=1S/C17H21BrN2S/c1-3-9-19-17(14-8-7-13(2)20-11-14)12-21-16-6-4-5-15(18)10-16/h4-8,10-11,17,19H,3,9,12H2,1-2H3. The van der Waals surface area contributed by atoms with Crippen LogP contribution >= 0.6 is 27.7 Å². The summed E-state index contributed by atoms with van der Waals surface area (Å²) in [6, 6.07) is 13.0. The minimum absolute atomic E-state index is 0.335. The molecule has 112 valence electrons. The molecule has 0 fully saturated rings. The fourth-order valence-corrected chi connectivity index (χ4v) is 3.62. The lowest BCUT2D eigenvalue weighted by Crippen LogP contribution is -2.24. The average Bonchev–Trinajstić information content (AvgIpc) is 2.49. The van der Waals surface area contributed by atoms with Crippen molar-refractivity contribution in [1.82, 2.24) is 10.3 Å². The van der Waals surface area contributed by atoms with Crippen LogP contribution in [-0.4, -0.2) is 17.3 Å². The molecule has 2 aromatic rings. The molecule has 0 saturated heterocycles. The van der Waals surface area contributed by atoms with Gasteiger partial charge in [0.25, 0.3) is 0 Å². The van der Waals surface area contributed by atoms with Crippen molar-refractivity contribution < 1.29 is 0 Å². The lowest BCUT2D eigenvalue weighted by Gasteiger charge is -2.18. The summed E-state index contributed by atoms with van der Waals surface area (Å²) in [5.74, 6) is 1.00. The number of nitrogens with one attached hydrogen (secondary N) is 1. The molecule has 21 heavy (non-hydrogen) atoms. The van der Waals surface area contributed by atoms with Gasteiger partial charge in [-0.2, -0.15) is 0 Å². The summed E-state index contributed by atoms with van der Waals surface area (Å²) in [6.45, 7) is 5.24. The van der Waals surface area contributed by atoms with Crippen LogP contribution in [0.1, 0.15) is 30.6 Å². The maximum absolute atomic E-state index is 4.42. The minimum atomic E-state index is 0.335. The topological polar surface area (TPSA) is 24.9 Å². The predicted molar refractivity (Wildman–Crippen MR) is 94.9 cm³/mol. The van der Waals surface area contributed by atoms with Crippen molar-refractivity contribution in [2.24, 2.45) is 0 Å². The Hall–Kier alpha value is -0.840. The third-order valence-corrected chi connectivity index (χ3v) is 4.77. The summed E-state index contributed by atoms with van der Waals surface area (Å²) in [5.41, 5.74) is 2.32. The van der Waals surface area contributed by atoms with Gasteiger partial charge in [0.2, 0.25) is 0 Å². The Morgan fingerprint density at radius 2 is 2.14 bits per heavy atom. The first-order valence-electron chi connectivity index (χ1n) is 7.23. The summed E-state index contributed by atoms with van der Waals surface area (Å²) in [7, 11) is 0. The monoisotopic (exact) mass is 364 g/mol. The van der Waals surface area contributed by atoms with Crippen molar-refractivity contribution >= 4 is 27.7 Å². The van der Waals surface area contributed by atoms with Gasteiger partial charge < -0.3 is 5.32 Å². The summed E-state index contributed by atoms with van der Waals surface area (Å²) in [6.07, 6.45) is 3.13. The number of thioether (sulfide) groups is 1. The van der Waals surface area contributed by atoms with Crippen molar-refractivity contribution in [2.45, 2.75) is 31.2 Å². The molecule has 2 nitrogen and oxygen atoms in total. The molecule has 1 N–H and O–H groups in total. The van der Waals surface area contributed by atoms with Gasteiger partial charge in [-0.1, -0.05) is 35.0 Å². The van der Waals surface area contributed by atoms with Crippen molar-refractivity contribution in [3.05, 3.63) is 58.3 Å². The van der Waals surface area contributed by atoms with E-state index in [0.29, 0.717) is 6.04 Å². The van der Waals surface area contributed by atoms with Gasteiger partial charge in [0.15, 0.2) is 0 Å². The maximum Gasteiger partial charge on any atom is 0.0430 e. The number of rotatable bonds is 7. The molecule has 1 heterocycles. The predicted octanol–water partition coefficient (Wildman–Crippen LogP) is 4.99. The highest BCUT2D eigenvalue weighted by Crippen LogP contribution is 2.26. The maximum atomic E-state index is 4.42. The molecule has 1 aromatic heterocycles. The number of nitrogens with zero attached hydrogens (tertiary/aromatic N) is 1. The summed E-state index contributed by atoms with van der Waals surface area (Å²) < 4.78 is 1.13. The van der Waals surface area contributed by atoms with Gasteiger partial charge in [-0.25, -0.2) is 0 Å². The third kappa shape index (κ3) is 5.46. The minimum Gasteiger partial charge on any atom is -0.309 e. The highest BCUT2D eigenvalue weighted by molar-refractivity contribution is 9.10. The van der Waals surface area contributed by atoms with Gasteiger partial charge >= 0.3 is 0 Å². The number of benzene rings is 1. The molecule has 0 amide bonds. The van der Waals surface area contributed by atoms with Gasteiger partial charge in [-0.15, -0.1) is 11.8 Å². The molecule has 0 bridgehead atoms. The summed E-state index contributed by atoms with van der Waals surface area (Å²) >= 11 is 5.40. The fourth-order valence-electron chi connectivity index (χ4n) is 2.01. The number of hydrogen-bond donors (Lipinski definition) is 1. The first-order valence-corrected chi connectivity index (χ1v) is 9.01. The zero-order chi connectivity index (χ0) is 15.1. The van der Waals surface area contributed by atoms with Crippen molar-refractivity contribution in [1.29, 1.82) is 0 Å². The van der Waals surface area contributed by atoms with E-state index in [4.69, 9.17) is 0 Å². The molecule has 0 spiro atoms. The number of aromatic nitrogens is 1. The quantitative estimate of drug-likeness (QED) is 0.700. The SMILES string of the molecule is CCCNC(CSc1cccc(Br)c1)c1ccc(C)nc1. The molecule has 4 heteroatoms. The number of halogens is 1. The lowest BCUT2D eigenvalue weighted by molar-refractivity contribution is 0.575. The van der Waals surface area contributed by atoms with E-state index in [1.807, 2.05) is 24.9 Å². The van der Waals surface area contributed by atoms with Crippen LogP contribution in [0.2, 0.25) is 0 Å². The van der Waals surface area contributed by atoms with E-state index in [-0.39, 0.29) is 0 Å². The van der Waals surface area contributed by atoms with E-state index in [2.05, 4.69) is 69.6 Å². The van der Waals surface area contributed by atoms with Gasteiger partial charge in [-0.05, 0) is 49.7 Å². The van der Waals surface area contributed by atoms with E-state index in [1.165, 1.54) is 10.5 Å². The Morgan fingerprint density at radius 3 is 2.81 bits per heavy atom. The second kappa shape index (κ2) is 8.57. The first-order chi connectivity index (χ1) is 10.2. The Kier molecular flexibility index (Phi) is 6.74. The van der Waals surface area contributed by atoms with Crippen LogP contribution in [0.25, 0.3) is 0 Å². The van der Waals surface area contributed by atoms with Crippen LogP contribution in [0.4, 0.5) is 0 Å². The van der Waals surface area contributed by atoms with Crippen LogP contribution in [0, 0.1) is 6.92 Å². The average molecular weight is 365 g/mol. The van der Waals surface area contributed by atoms with Crippen molar-refractivity contribution in [3.63, 3.8) is 0 Å². The third-order valence-electron chi connectivity index (χ3n) is 3.19. The molecule has 0 aliphatic heterocycles. The van der Waals surface area contributed by atoms with Crippen molar-refractivity contribution in [2.75, 3.05) is 12.3 Å². The number of pyridine rings is 1. The molecule has 0 saturated carbocycles. The van der Waals surface area contributed by atoms with Crippen molar-refractivity contribution in [3.8, 4) is 0 Å². The normalized spacial score (nSPS) is 12.3. The van der Waals surface area contributed by atoms with Gasteiger partial charge in [0.05, 0.1) is 0 Å². The lowest BCUT2D eigenvalue weighted by atomic mass is 10.1. The Balaban J connectivity index is 2.04. The highest BCUT2D eigenvalue weighted by atomic mass is 79.9.